The molecule has 0 saturated carbocycles. The van der Waals surface area contributed by atoms with Crippen LogP contribution in [0.15, 0.2) is 368 Å². The van der Waals surface area contributed by atoms with Crippen LogP contribution in [0, 0.1) is 0 Å². The summed E-state index contributed by atoms with van der Waals surface area (Å²) in [6, 6.07) is 130. The first-order valence-electron chi connectivity index (χ1n) is 37.5. The minimum atomic E-state index is -0.236. The van der Waals surface area contributed by atoms with E-state index in [0.29, 0.717) is 17.5 Å². The molecular formula is C101H66N8O. The fraction of sp³-hybridized carbons (Fsp3) is 0.0297. The lowest BCUT2D eigenvalue weighted by molar-refractivity contribution is 0.657. The molecule has 0 aliphatic heterocycles. The molecule has 22 aromatic rings. The minimum Gasteiger partial charge on any atom is -0.452 e. The summed E-state index contributed by atoms with van der Waals surface area (Å²) in [6.07, 6.45) is 0. The topological polar surface area (TPSA) is 84.4 Å². The SMILES string of the molecule is CC1(C)c2ccccc2-c2nc(-n3c4ccccc4c4cc(-c5ccc6c(c5)c5ccccc5n6-c5ccccc5)ccc43)nc(-c3ccccc3)c21.c1ccc(-c2ccc(-n3c4ccccc4c4ccc(-c5ccc6c7ccccc7n(-c7nc(-c8ccccc8)c8oc9ccccc9c8n7)c6c5)cc43)cc2)cc1. The lowest BCUT2D eigenvalue weighted by atomic mass is 9.81. The molecule has 0 bridgehead atoms. The van der Waals surface area contributed by atoms with Crippen molar-refractivity contribution in [2.45, 2.75) is 19.3 Å². The molecule has 1 aliphatic carbocycles. The van der Waals surface area contributed by atoms with Crippen LogP contribution in [0.3, 0.4) is 0 Å². The number of hydrogen-bond acceptors (Lipinski definition) is 5. The molecule has 0 unspecified atom stereocenters. The summed E-state index contributed by atoms with van der Waals surface area (Å²) in [6.45, 7) is 4.60. The standard InChI is InChI=1S/C52H32N4O.C49H34N4/c1-3-13-33(14-4-1)34-23-27-38(28-24-34)55-44-20-10-7-17-39(44)41-29-25-36(31-46(41)55)37-26-30-42-40-18-8-11-21-45(40)56(47(42)32-37)52-53-49(35-15-5-2-6-16-35)51-50(54-52)43-19-9-12-22-48(43)57-51;1-49(2)40-22-12-9-21-37(40)47-45(49)46(31-15-5-3-6-16-31)50-48(51-47)53-42-24-14-11-20-36(42)39-30-33(26-28-44(39)53)32-25-27-43-38(29-32)35-19-10-13-23-41(35)52(43)34-17-7-4-8-18-34/h1-32H;3-30H,1-2H3. The van der Waals surface area contributed by atoms with Crippen LogP contribution in [0.1, 0.15) is 25.0 Å². The van der Waals surface area contributed by atoms with Crippen molar-refractivity contribution in [2.24, 2.45) is 0 Å². The highest BCUT2D eigenvalue weighted by Crippen LogP contribution is 2.52. The molecule has 23 rings (SSSR count). The van der Waals surface area contributed by atoms with Crippen LogP contribution in [0.25, 0.3) is 200 Å². The maximum atomic E-state index is 6.45. The van der Waals surface area contributed by atoms with Gasteiger partial charge in [-0.2, -0.15) is 0 Å². The molecular weight excluding hydrogens is 1340 g/mol. The average molecular weight is 1410 g/mol. The maximum Gasteiger partial charge on any atom is 0.236 e. The third-order valence-corrected chi connectivity index (χ3v) is 22.7. The molecule has 0 fully saturated rings. The molecule has 110 heavy (non-hydrogen) atoms. The number of nitrogens with zero attached hydrogens (tertiary/aromatic N) is 8. The van der Waals surface area contributed by atoms with Crippen LogP contribution < -0.4 is 0 Å². The van der Waals surface area contributed by atoms with Crippen LogP contribution in [-0.2, 0) is 5.41 Å². The normalized spacial score (nSPS) is 12.5. The second-order valence-electron chi connectivity index (χ2n) is 29.2. The summed E-state index contributed by atoms with van der Waals surface area (Å²) in [4.78, 5) is 21.5. The van der Waals surface area contributed by atoms with Gasteiger partial charge in [-0.15, -0.1) is 0 Å². The Bertz CT molecular complexity index is 7470. The van der Waals surface area contributed by atoms with Gasteiger partial charge in [-0.25, -0.2) is 19.9 Å². The Hall–Kier alpha value is -14.5. The van der Waals surface area contributed by atoms with Crippen molar-refractivity contribution in [3.63, 3.8) is 0 Å². The van der Waals surface area contributed by atoms with Gasteiger partial charge in [0.25, 0.3) is 0 Å². The molecule has 516 valence electrons. The van der Waals surface area contributed by atoms with E-state index in [1.54, 1.807) is 0 Å². The predicted octanol–water partition coefficient (Wildman–Crippen LogP) is 25.9. The fourth-order valence-corrected chi connectivity index (χ4v) is 17.6. The van der Waals surface area contributed by atoms with Gasteiger partial charge >= 0.3 is 0 Å². The van der Waals surface area contributed by atoms with Gasteiger partial charge in [0.1, 0.15) is 16.8 Å². The number of fused-ring (bicyclic) bond motifs is 18. The number of para-hydroxylation sites is 6. The summed E-state index contributed by atoms with van der Waals surface area (Å²) < 4.78 is 15.7. The van der Waals surface area contributed by atoms with Gasteiger partial charge < -0.3 is 13.6 Å². The fourth-order valence-electron chi connectivity index (χ4n) is 17.6. The monoisotopic (exact) mass is 1410 g/mol. The zero-order valence-corrected chi connectivity index (χ0v) is 60.1. The molecule has 15 aromatic carbocycles. The van der Waals surface area contributed by atoms with Crippen molar-refractivity contribution in [1.82, 2.24) is 38.2 Å². The van der Waals surface area contributed by atoms with Crippen molar-refractivity contribution < 1.29 is 4.42 Å². The molecule has 0 radical (unpaired) electrons. The van der Waals surface area contributed by atoms with E-state index in [1.807, 2.05) is 36.4 Å². The van der Waals surface area contributed by atoms with Crippen LogP contribution in [-0.4, -0.2) is 38.2 Å². The van der Waals surface area contributed by atoms with Gasteiger partial charge in [-0.3, -0.25) is 9.13 Å². The smallest absolute Gasteiger partial charge is 0.236 e. The van der Waals surface area contributed by atoms with Gasteiger partial charge in [0, 0.05) is 87.5 Å². The van der Waals surface area contributed by atoms with Crippen molar-refractivity contribution in [1.29, 1.82) is 0 Å². The Morgan fingerprint density at radius 3 is 1.20 bits per heavy atom. The molecule has 0 N–H and O–H groups in total. The zero-order chi connectivity index (χ0) is 72.7. The molecule has 0 saturated heterocycles. The highest BCUT2D eigenvalue weighted by Gasteiger charge is 2.40. The second kappa shape index (κ2) is 24.8. The number of hydrogen-bond donors (Lipinski definition) is 0. The van der Waals surface area contributed by atoms with E-state index in [-0.39, 0.29) is 5.41 Å². The Kier molecular flexibility index (Phi) is 14.1. The Morgan fingerprint density at radius 2 is 0.609 bits per heavy atom. The number of aromatic nitrogens is 8. The minimum absolute atomic E-state index is 0.236. The second-order valence-corrected chi connectivity index (χ2v) is 29.2. The van der Waals surface area contributed by atoms with E-state index in [4.69, 9.17) is 24.4 Å². The largest absolute Gasteiger partial charge is 0.452 e. The van der Waals surface area contributed by atoms with E-state index >= 15 is 0 Å². The highest BCUT2D eigenvalue weighted by molar-refractivity contribution is 6.15. The molecule has 0 amide bonds. The number of furan rings is 1. The van der Waals surface area contributed by atoms with Crippen LogP contribution in [0.2, 0.25) is 0 Å². The van der Waals surface area contributed by atoms with Crippen LogP contribution >= 0.6 is 0 Å². The Morgan fingerprint density at radius 1 is 0.245 bits per heavy atom. The number of rotatable bonds is 9. The summed E-state index contributed by atoms with van der Waals surface area (Å²) in [5.41, 5.74) is 28.8. The van der Waals surface area contributed by atoms with Gasteiger partial charge in [0.2, 0.25) is 11.9 Å². The molecule has 9 heteroatoms. The first kappa shape index (κ1) is 62.8. The third kappa shape index (κ3) is 9.80. The molecule has 0 spiro atoms. The van der Waals surface area contributed by atoms with Crippen molar-refractivity contribution in [3.05, 3.63) is 375 Å². The molecule has 9 nitrogen and oxygen atoms in total. The molecule has 0 atom stereocenters. The quantitative estimate of drug-likeness (QED) is 0.144. The van der Waals surface area contributed by atoms with Crippen LogP contribution in [0.4, 0.5) is 0 Å². The van der Waals surface area contributed by atoms with Gasteiger partial charge in [-0.05, 0) is 136 Å². The molecule has 1 aliphatic rings. The Balaban J connectivity index is 0.000000136. The van der Waals surface area contributed by atoms with E-state index in [1.165, 1.54) is 87.8 Å². The first-order chi connectivity index (χ1) is 54.3. The molecule has 7 heterocycles. The lowest BCUT2D eigenvalue weighted by Gasteiger charge is -2.24. The Labute approximate surface area is 632 Å². The average Bonchev–Trinajstić information content (AvgIpc) is 1.55. The van der Waals surface area contributed by atoms with Crippen LogP contribution in [0.5, 0.6) is 0 Å². The molecule has 7 aromatic heterocycles. The highest BCUT2D eigenvalue weighted by atomic mass is 16.3. The summed E-state index contributed by atoms with van der Waals surface area (Å²) >= 11 is 0. The third-order valence-electron chi connectivity index (χ3n) is 22.7. The van der Waals surface area contributed by atoms with E-state index in [2.05, 4.69) is 360 Å². The van der Waals surface area contributed by atoms with Gasteiger partial charge in [0.05, 0.1) is 55.5 Å². The summed E-state index contributed by atoms with van der Waals surface area (Å²) in [5.74, 6) is 1.29. The van der Waals surface area contributed by atoms with Crippen molar-refractivity contribution >= 4 is 109 Å². The number of benzene rings is 15. The van der Waals surface area contributed by atoms with Crippen molar-refractivity contribution in [2.75, 3.05) is 0 Å². The van der Waals surface area contributed by atoms with E-state index in [0.717, 1.165) is 106 Å². The van der Waals surface area contributed by atoms with Crippen molar-refractivity contribution in [3.8, 4) is 90.4 Å². The lowest BCUT2D eigenvalue weighted by Crippen LogP contribution is -2.18. The summed E-state index contributed by atoms with van der Waals surface area (Å²) in [7, 11) is 0. The van der Waals surface area contributed by atoms with E-state index in [9.17, 15) is 0 Å². The summed E-state index contributed by atoms with van der Waals surface area (Å²) in [5, 5.41) is 10.6. The van der Waals surface area contributed by atoms with E-state index < -0.39 is 0 Å². The maximum absolute atomic E-state index is 6.45. The zero-order valence-electron chi connectivity index (χ0n) is 60.1. The predicted molar refractivity (Wildman–Crippen MR) is 453 cm³/mol. The van der Waals surface area contributed by atoms with Gasteiger partial charge in [0.15, 0.2) is 5.58 Å². The first-order valence-corrected chi connectivity index (χ1v) is 37.5. The van der Waals surface area contributed by atoms with Gasteiger partial charge in [-0.1, -0.05) is 281 Å².